The van der Waals surface area contributed by atoms with Gasteiger partial charge in [-0.25, -0.2) is 9.59 Å². The van der Waals surface area contributed by atoms with Crippen LogP contribution in [0.1, 0.15) is 5.56 Å². The molecule has 11 heteroatoms. The van der Waals surface area contributed by atoms with Crippen molar-refractivity contribution in [3.63, 3.8) is 0 Å². The number of rotatable bonds is 9. The molecule has 0 aromatic heterocycles. The number of carbonyl (C=O) groups excluding carboxylic acids is 1. The van der Waals surface area contributed by atoms with E-state index in [1.165, 1.54) is 0 Å². The van der Waals surface area contributed by atoms with E-state index >= 15 is 0 Å². The highest BCUT2D eigenvalue weighted by atomic mass is 35.6. The molecule has 0 bridgehead atoms. The van der Waals surface area contributed by atoms with Crippen molar-refractivity contribution in [2.75, 3.05) is 19.9 Å². The van der Waals surface area contributed by atoms with Crippen molar-refractivity contribution < 1.29 is 34.1 Å². The highest BCUT2D eigenvalue weighted by Gasteiger charge is 2.24. The molecule has 0 aliphatic heterocycles. The van der Waals surface area contributed by atoms with Crippen molar-refractivity contribution in [2.24, 2.45) is 0 Å². The number of nitrogens with zero attached hydrogens (tertiary/aromatic N) is 1. The second kappa shape index (κ2) is 10.6. The Hall–Kier alpha value is -1.29. The van der Waals surface area contributed by atoms with Gasteiger partial charge in [0.05, 0.1) is 13.2 Å². The first-order valence-corrected chi connectivity index (χ1v) is 7.99. The standard InChI is InChI=1S/C14H16Cl3NO7/c15-14(16,17)8-23-9-18(6-11(19)12(20)21)25-13(22)24-7-10-4-2-1-3-5-10/h1-5,11,19H,6-9H2,(H,20,21)/t11-/m1/s1. The fourth-order valence-electron chi connectivity index (χ4n) is 1.50. The number of carbonyl (C=O) groups is 2. The Labute approximate surface area is 158 Å². The lowest BCUT2D eigenvalue weighted by Gasteiger charge is -2.22. The molecule has 1 aromatic rings. The van der Waals surface area contributed by atoms with Gasteiger partial charge in [0.2, 0.25) is 3.79 Å². The highest BCUT2D eigenvalue weighted by molar-refractivity contribution is 6.67. The third kappa shape index (κ3) is 10.3. The largest absolute Gasteiger partial charge is 0.528 e. The maximum Gasteiger partial charge on any atom is 0.528 e. The van der Waals surface area contributed by atoms with E-state index in [0.29, 0.717) is 0 Å². The minimum Gasteiger partial charge on any atom is -0.479 e. The predicted octanol–water partition coefficient (Wildman–Crippen LogP) is 2.35. The maximum absolute atomic E-state index is 11.7. The lowest BCUT2D eigenvalue weighted by atomic mass is 10.2. The Bertz CT molecular complexity index is 553. The molecule has 0 aliphatic carbocycles. The van der Waals surface area contributed by atoms with E-state index in [2.05, 4.69) is 0 Å². The summed E-state index contributed by atoms with van der Waals surface area (Å²) in [6, 6.07) is 8.82. The topological polar surface area (TPSA) is 106 Å². The number of hydrogen-bond donors (Lipinski definition) is 2. The minimum atomic E-state index is -1.82. The average Bonchev–Trinajstić information content (AvgIpc) is 2.52. The molecule has 0 heterocycles. The molecule has 0 aliphatic rings. The number of halogens is 3. The predicted molar refractivity (Wildman–Crippen MR) is 89.2 cm³/mol. The van der Waals surface area contributed by atoms with Gasteiger partial charge < -0.3 is 24.5 Å². The first kappa shape index (κ1) is 21.8. The summed E-state index contributed by atoms with van der Waals surface area (Å²) in [6.45, 7) is -1.42. The van der Waals surface area contributed by atoms with E-state index in [1.54, 1.807) is 30.3 Å². The van der Waals surface area contributed by atoms with Crippen molar-refractivity contribution in [3.8, 4) is 0 Å². The first-order chi connectivity index (χ1) is 11.7. The van der Waals surface area contributed by atoms with Crippen LogP contribution in [-0.4, -0.2) is 57.2 Å². The second-order valence-electron chi connectivity index (χ2n) is 4.73. The smallest absolute Gasteiger partial charge is 0.479 e. The molecular formula is C14H16Cl3NO7. The minimum absolute atomic E-state index is 0.0516. The van der Waals surface area contributed by atoms with Crippen LogP contribution in [0.3, 0.4) is 0 Å². The van der Waals surface area contributed by atoms with Gasteiger partial charge >= 0.3 is 12.1 Å². The zero-order valence-electron chi connectivity index (χ0n) is 12.8. The zero-order chi connectivity index (χ0) is 18.9. The van der Waals surface area contributed by atoms with Crippen molar-refractivity contribution in [2.45, 2.75) is 16.5 Å². The van der Waals surface area contributed by atoms with Gasteiger partial charge in [-0.05, 0) is 5.56 Å². The average molecular weight is 417 g/mol. The monoisotopic (exact) mass is 415 g/mol. The number of aliphatic hydroxyl groups is 1. The fraction of sp³-hybridized carbons (Fsp3) is 0.429. The molecule has 0 saturated carbocycles. The Kier molecular flexibility index (Phi) is 9.26. The number of hydroxylamine groups is 2. The van der Waals surface area contributed by atoms with Crippen molar-refractivity contribution in [1.29, 1.82) is 0 Å². The molecule has 1 rings (SSSR count). The van der Waals surface area contributed by atoms with Gasteiger partial charge in [-0.15, -0.1) is 5.06 Å². The summed E-state index contributed by atoms with van der Waals surface area (Å²) in [6.07, 6.45) is -2.93. The molecule has 0 radical (unpaired) electrons. The summed E-state index contributed by atoms with van der Waals surface area (Å²) in [7, 11) is 0. The van der Waals surface area contributed by atoms with E-state index in [0.717, 1.165) is 10.6 Å². The summed E-state index contributed by atoms with van der Waals surface area (Å²) in [4.78, 5) is 27.2. The quantitative estimate of drug-likeness (QED) is 0.273. The number of aliphatic hydroxyl groups excluding tert-OH is 1. The number of carboxylic acid groups (broad SMARTS) is 1. The number of hydrogen-bond acceptors (Lipinski definition) is 7. The summed E-state index contributed by atoms with van der Waals surface area (Å²) in [5, 5.41) is 18.8. The molecule has 0 spiro atoms. The first-order valence-electron chi connectivity index (χ1n) is 6.86. The van der Waals surface area contributed by atoms with Gasteiger partial charge in [0.25, 0.3) is 0 Å². The Morgan fingerprint density at radius 2 is 1.84 bits per heavy atom. The highest BCUT2D eigenvalue weighted by Crippen LogP contribution is 2.25. The van der Waals surface area contributed by atoms with Crippen LogP contribution < -0.4 is 0 Å². The maximum atomic E-state index is 11.7. The van der Waals surface area contributed by atoms with Crippen LogP contribution in [0, 0.1) is 0 Å². The molecule has 140 valence electrons. The summed E-state index contributed by atoms with van der Waals surface area (Å²) >= 11 is 16.5. The van der Waals surface area contributed by atoms with Gasteiger partial charge in [0.15, 0.2) is 6.10 Å². The van der Waals surface area contributed by atoms with E-state index in [4.69, 9.17) is 54.2 Å². The van der Waals surface area contributed by atoms with Gasteiger partial charge in [-0.2, -0.15) is 0 Å². The number of alkyl halides is 3. The van der Waals surface area contributed by atoms with Crippen LogP contribution in [-0.2, 0) is 25.7 Å². The summed E-state index contributed by atoms with van der Waals surface area (Å²) in [5.74, 6) is -1.51. The third-order valence-electron chi connectivity index (χ3n) is 2.57. The molecule has 1 atom stereocenters. The van der Waals surface area contributed by atoms with Crippen LogP contribution in [0.15, 0.2) is 30.3 Å². The van der Waals surface area contributed by atoms with E-state index in [9.17, 15) is 14.7 Å². The Morgan fingerprint density at radius 1 is 1.20 bits per heavy atom. The van der Waals surface area contributed by atoms with E-state index in [-0.39, 0.29) is 13.2 Å². The van der Waals surface area contributed by atoms with E-state index in [1.807, 2.05) is 0 Å². The summed E-state index contributed by atoms with van der Waals surface area (Å²) < 4.78 is 8.18. The molecule has 0 saturated heterocycles. The van der Waals surface area contributed by atoms with Gasteiger partial charge in [-0.1, -0.05) is 65.1 Å². The number of benzene rings is 1. The molecular weight excluding hydrogens is 401 g/mol. The second-order valence-corrected chi connectivity index (χ2v) is 7.24. The lowest BCUT2D eigenvalue weighted by Crippen LogP contribution is -2.40. The van der Waals surface area contributed by atoms with Crippen LogP contribution in [0.25, 0.3) is 0 Å². The van der Waals surface area contributed by atoms with Crippen molar-refractivity contribution in [1.82, 2.24) is 5.06 Å². The molecule has 0 fully saturated rings. The molecule has 8 nitrogen and oxygen atoms in total. The number of aliphatic carboxylic acids is 1. The van der Waals surface area contributed by atoms with Crippen molar-refractivity contribution >= 4 is 46.9 Å². The van der Waals surface area contributed by atoms with Gasteiger partial charge in [0.1, 0.15) is 13.3 Å². The van der Waals surface area contributed by atoms with Crippen molar-refractivity contribution in [3.05, 3.63) is 35.9 Å². The third-order valence-corrected chi connectivity index (χ3v) is 2.89. The SMILES string of the molecule is O=C(OCc1ccccc1)ON(COCC(Cl)(Cl)Cl)C[C@@H](O)C(=O)O. The molecule has 25 heavy (non-hydrogen) atoms. The Morgan fingerprint density at radius 3 is 2.40 bits per heavy atom. The van der Waals surface area contributed by atoms with Crippen LogP contribution in [0.4, 0.5) is 4.79 Å². The fourth-order valence-corrected chi connectivity index (χ4v) is 1.73. The van der Waals surface area contributed by atoms with Crippen LogP contribution >= 0.6 is 34.8 Å². The van der Waals surface area contributed by atoms with Gasteiger partial charge in [0, 0.05) is 0 Å². The molecule has 0 amide bonds. The summed E-state index contributed by atoms with van der Waals surface area (Å²) in [5.41, 5.74) is 0.726. The van der Waals surface area contributed by atoms with Crippen LogP contribution in [0.2, 0.25) is 0 Å². The van der Waals surface area contributed by atoms with E-state index < -0.39 is 35.3 Å². The Balaban J connectivity index is 2.52. The molecule has 1 aromatic carbocycles. The molecule has 0 unspecified atom stereocenters. The normalized spacial score (nSPS) is 12.7. The molecule has 2 N–H and O–H groups in total. The van der Waals surface area contributed by atoms with Crippen LogP contribution in [0.5, 0.6) is 0 Å². The lowest BCUT2D eigenvalue weighted by molar-refractivity contribution is -0.195. The number of carboxylic acids is 1. The zero-order valence-corrected chi connectivity index (χ0v) is 15.1. The van der Waals surface area contributed by atoms with Gasteiger partial charge in [-0.3, -0.25) is 0 Å². The number of ether oxygens (including phenoxy) is 2.